The van der Waals surface area contributed by atoms with E-state index in [0.717, 1.165) is 12.2 Å². The molecule has 0 radical (unpaired) electrons. The zero-order chi connectivity index (χ0) is 12.4. The van der Waals surface area contributed by atoms with Crippen molar-refractivity contribution in [3.05, 3.63) is 0 Å². The number of unbranched alkanes of at least 4 members (excludes halogenated alkanes) is 1. The molecule has 0 aliphatic heterocycles. The van der Waals surface area contributed by atoms with E-state index in [1.165, 1.54) is 25.0 Å². The fourth-order valence-corrected chi connectivity index (χ4v) is 3.86. The predicted molar refractivity (Wildman–Crippen MR) is 79.7 cm³/mol. The van der Waals surface area contributed by atoms with E-state index in [1.807, 2.05) is 23.5 Å². The van der Waals surface area contributed by atoms with Gasteiger partial charge in [-0.3, -0.25) is 0 Å². The van der Waals surface area contributed by atoms with E-state index in [1.54, 1.807) is 0 Å². The molecule has 0 fully saturated rings. The molecular formula is C13H28OS2. The Morgan fingerprint density at radius 1 is 1.06 bits per heavy atom. The van der Waals surface area contributed by atoms with Gasteiger partial charge in [-0.25, -0.2) is 0 Å². The van der Waals surface area contributed by atoms with Crippen molar-refractivity contribution < 1.29 is 5.11 Å². The zero-order valence-electron chi connectivity index (χ0n) is 11.2. The Bertz CT molecular complexity index is 151. The quantitative estimate of drug-likeness (QED) is 0.597. The molecule has 0 aliphatic rings. The van der Waals surface area contributed by atoms with Gasteiger partial charge >= 0.3 is 0 Å². The number of thioether (sulfide) groups is 2. The van der Waals surface area contributed by atoms with E-state index in [-0.39, 0.29) is 6.10 Å². The van der Waals surface area contributed by atoms with Crippen LogP contribution in [0.1, 0.15) is 53.4 Å². The second kappa shape index (κ2) is 10.8. The molecule has 0 saturated carbocycles. The van der Waals surface area contributed by atoms with Crippen LogP contribution in [-0.4, -0.2) is 33.2 Å². The molecule has 98 valence electrons. The van der Waals surface area contributed by atoms with E-state index >= 15 is 0 Å². The maximum atomic E-state index is 10.1. The van der Waals surface area contributed by atoms with E-state index in [4.69, 9.17) is 0 Å². The third-order valence-corrected chi connectivity index (χ3v) is 5.14. The first-order valence-electron chi connectivity index (χ1n) is 6.53. The number of aliphatic hydroxyl groups excluding tert-OH is 1. The molecule has 0 rings (SSSR count). The molecule has 0 aromatic carbocycles. The van der Waals surface area contributed by atoms with Crippen molar-refractivity contribution in [2.75, 3.05) is 11.5 Å². The predicted octanol–water partition coefficient (Wildman–Crippen LogP) is 4.19. The van der Waals surface area contributed by atoms with Crippen LogP contribution in [0.3, 0.4) is 0 Å². The van der Waals surface area contributed by atoms with Gasteiger partial charge in [-0.15, -0.1) is 0 Å². The van der Waals surface area contributed by atoms with Crippen LogP contribution >= 0.6 is 23.5 Å². The minimum absolute atomic E-state index is 0.130. The Morgan fingerprint density at radius 3 is 2.25 bits per heavy atom. The first-order valence-corrected chi connectivity index (χ1v) is 8.62. The van der Waals surface area contributed by atoms with Crippen molar-refractivity contribution >= 4 is 23.5 Å². The first kappa shape index (κ1) is 16.7. The van der Waals surface area contributed by atoms with Gasteiger partial charge in [0.05, 0.1) is 6.10 Å². The van der Waals surface area contributed by atoms with Gasteiger partial charge in [0, 0.05) is 11.0 Å². The molecule has 1 N–H and O–H groups in total. The molecule has 2 atom stereocenters. The van der Waals surface area contributed by atoms with Crippen LogP contribution in [0.15, 0.2) is 0 Å². The van der Waals surface area contributed by atoms with E-state index < -0.39 is 0 Å². The summed E-state index contributed by atoms with van der Waals surface area (Å²) in [5.74, 6) is 2.09. The molecule has 0 saturated heterocycles. The lowest BCUT2D eigenvalue weighted by Crippen LogP contribution is -2.26. The molecule has 0 bridgehead atoms. The third-order valence-electron chi connectivity index (χ3n) is 2.43. The van der Waals surface area contributed by atoms with Crippen LogP contribution in [0.4, 0.5) is 0 Å². The van der Waals surface area contributed by atoms with Gasteiger partial charge in [-0.05, 0) is 23.8 Å². The molecule has 0 aromatic heterocycles. The monoisotopic (exact) mass is 264 g/mol. The van der Waals surface area contributed by atoms with Gasteiger partial charge in [0.2, 0.25) is 0 Å². The van der Waals surface area contributed by atoms with Crippen LogP contribution < -0.4 is 0 Å². The molecule has 0 aliphatic carbocycles. The van der Waals surface area contributed by atoms with Crippen molar-refractivity contribution in [2.45, 2.75) is 70.0 Å². The maximum absolute atomic E-state index is 10.1. The highest BCUT2D eigenvalue weighted by Gasteiger charge is 2.18. The third kappa shape index (κ3) is 8.77. The standard InChI is InChI=1S/C13H28OS2/c1-5-7-9-15-13(8-6-2)12(14)10-16-11(3)4/h11-14H,5-10H2,1-4H3/t12-,13+/m0/s1. The van der Waals surface area contributed by atoms with Gasteiger partial charge in [0.15, 0.2) is 0 Å². The lowest BCUT2D eigenvalue weighted by Gasteiger charge is -2.22. The molecule has 0 unspecified atom stereocenters. The van der Waals surface area contributed by atoms with Crippen molar-refractivity contribution in [1.29, 1.82) is 0 Å². The Kier molecular flexibility index (Phi) is 11.2. The van der Waals surface area contributed by atoms with Crippen LogP contribution in [0.25, 0.3) is 0 Å². The summed E-state index contributed by atoms with van der Waals surface area (Å²) in [6, 6.07) is 0. The lowest BCUT2D eigenvalue weighted by molar-refractivity contribution is 0.192. The van der Waals surface area contributed by atoms with Gasteiger partial charge < -0.3 is 5.11 Å². The molecule has 1 nitrogen and oxygen atoms in total. The smallest absolute Gasteiger partial charge is 0.0749 e. The summed E-state index contributed by atoms with van der Waals surface area (Å²) in [5, 5.41) is 11.2. The second-order valence-corrected chi connectivity index (χ2v) is 7.46. The van der Waals surface area contributed by atoms with Gasteiger partial charge in [-0.1, -0.05) is 40.5 Å². The number of hydrogen-bond acceptors (Lipinski definition) is 3. The topological polar surface area (TPSA) is 20.2 Å². The van der Waals surface area contributed by atoms with Gasteiger partial charge in [0.1, 0.15) is 0 Å². The molecule has 3 heteroatoms. The first-order chi connectivity index (χ1) is 7.61. The Morgan fingerprint density at radius 2 is 1.75 bits per heavy atom. The van der Waals surface area contributed by atoms with Gasteiger partial charge in [-0.2, -0.15) is 23.5 Å². The van der Waals surface area contributed by atoms with Crippen molar-refractivity contribution in [1.82, 2.24) is 0 Å². The van der Waals surface area contributed by atoms with E-state index in [2.05, 4.69) is 27.7 Å². The Balaban J connectivity index is 3.86. The Hall–Kier alpha value is 0.660. The molecule has 0 spiro atoms. The summed E-state index contributed by atoms with van der Waals surface area (Å²) < 4.78 is 0. The van der Waals surface area contributed by atoms with Crippen LogP contribution in [-0.2, 0) is 0 Å². The zero-order valence-corrected chi connectivity index (χ0v) is 12.9. The highest BCUT2D eigenvalue weighted by Crippen LogP contribution is 2.24. The summed E-state index contributed by atoms with van der Waals surface area (Å²) in [5.41, 5.74) is 0. The summed E-state index contributed by atoms with van der Waals surface area (Å²) in [4.78, 5) is 0. The second-order valence-electron chi connectivity index (χ2n) is 4.50. The largest absolute Gasteiger partial charge is 0.391 e. The summed E-state index contributed by atoms with van der Waals surface area (Å²) in [6.07, 6.45) is 4.72. The average Bonchev–Trinajstić information content (AvgIpc) is 2.25. The molecule has 16 heavy (non-hydrogen) atoms. The Labute approximate surface area is 110 Å². The number of hydrogen-bond donors (Lipinski definition) is 1. The van der Waals surface area contributed by atoms with Gasteiger partial charge in [0.25, 0.3) is 0 Å². The minimum atomic E-state index is -0.130. The minimum Gasteiger partial charge on any atom is -0.391 e. The van der Waals surface area contributed by atoms with E-state index in [9.17, 15) is 5.11 Å². The summed E-state index contributed by atoms with van der Waals surface area (Å²) in [7, 11) is 0. The number of rotatable bonds is 10. The van der Waals surface area contributed by atoms with Crippen molar-refractivity contribution in [2.24, 2.45) is 0 Å². The lowest BCUT2D eigenvalue weighted by atomic mass is 10.2. The average molecular weight is 264 g/mol. The highest BCUT2D eigenvalue weighted by atomic mass is 32.2. The van der Waals surface area contributed by atoms with Crippen LogP contribution in [0.5, 0.6) is 0 Å². The van der Waals surface area contributed by atoms with Crippen LogP contribution in [0, 0.1) is 0 Å². The molecule has 0 heterocycles. The summed E-state index contributed by atoms with van der Waals surface area (Å²) >= 11 is 3.84. The number of aliphatic hydroxyl groups is 1. The summed E-state index contributed by atoms with van der Waals surface area (Å²) in [6.45, 7) is 8.81. The maximum Gasteiger partial charge on any atom is 0.0749 e. The highest BCUT2D eigenvalue weighted by molar-refractivity contribution is 8.00. The normalized spacial score (nSPS) is 15.4. The molecule has 0 amide bonds. The van der Waals surface area contributed by atoms with Crippen LogP contribution in [0.2, 0.25) is 0 Å². The fraction of sp³-hybridized carbons (Fsp3) is 1.00. The molecular weight excluding hydrogens is 236 g/mol. The van der Waals surface area contributed by atoms with Crippen molar-refractivity contribution in [3.63, 3.8) is 0 Å². The SMILES string of the molecule is CCCCS[C@H](CCC)[C@@H](O)CSC(C)C. The van der Waals surface area contributed by atoms with Crippen molar-refractivity contribution in [3.8, 4) is 0 Å². The van der Waals surface area contributed by atoms with E-state index in [0.29, 0.717) is 10.5 Å². The molecule has 0 aromatic rings. The fourth-order valence-electron chi connectivity index (χ4n) is 1.45.